The Hall–Kier alpha value is -2.47. The predicted octanol–water partition coefficient (Wildman–Crippen LogP) is 2.27. The van der Waals surface area contributed by atoms with Crippen LogP contribution in [0.25, 0.3) is 0 Å². The number of carbonyl (C=O) groups is 1. The SMILES string of the molecule is COc1ccc(CC(O)c2ccc(C(=O)O)o2)cc1OC. The van der Waals surface area contributed by atoms with Crippen LogP contribution in [-0.2, 0) is 6.42 Å². The van der Waals surface area contributed by atoms with E-state index < -0.39 is 12.1 Å². The summed E-state index contributed by atoms with van der Waals surface area (Å²) < 4.78 is 15.4. The van der Waals surface area contributed by atoms with Gasteiger partial charge in [0.2, 0.25) is 5.76 Å². The minimum atomic E-state index is -1.17. The van der Waals surface area contributed by atoms with Gasteiger partial charge in [0.25, 0.3) is 0 Å². The lowest BCUT2D eigenvalue weighted by molar-refractivity contribution is 0.0651. The standard InChI is InChI=1S/C15H16O6/c1-19-12-4-3-9(8-14(12)20-2)7-10(16)11-5-6-13(21-11)15(17)18/h3-6,8,10,16H,7H2,1-2H3,(H,17,18). The molecule has 0 radical (unpaired) electrons. The average Bonchev–Trinajstić information content (AvgIpc) is 2.97. The fraction of sp³-hybridized carbons (Fsp3) is 0.267. The maximum Gasteiger partial charge on any atom is 0.371 e. The first-order valence-electron chi connectivity index (χ1n) is 6.27. The molecule has 0 aliphatic carbocycles. The van der Waals surface area contributed by atoms with Gasteiger partial charge in [-0.05, 0) is 29.8 Å². The number of hydrogen-bond donors (Lipinski definition) is 2. The fourth-order valence-corrected chi connectivity index (χ4v) is 1.98. The lowest BCUT2D eigenvalue weighted by Gasteiger charge is -2.11. The van der Waals surface area contributed by atoms with E-state index >= 15 is 0 Å². The smallest absolute Gasteiger partial charge is 0.371 e. The highest BCUT2D eigenvalue weighted by atomic mass is 16.5. The zero-order valence-electron chi connectivity index (χ0n) is 11.7. The van der Waals surface area contributed by atoms with Crippen molar-refractivity contribution in [1.29, 1.82) is 0 Å². The van der Waals surface area contributed by atoms with Crippen molar-refractivity contribution in [3.05, 3.63) is 47.4 Å². The molecule has 0 saturated carbocycles. The molecule has 21 heavy (non-hydrogen) atoms. The molecule has 2 N–H and O–H groups in total. The number of ether oxygens (including phenoxy) is 2. The number of rotatable bonds is 6. The van der Waals surface area contributed by atoms with Crippen LogP contribution in [-0.4, -0.2) is 30.4 Å². The van der Waals surface area contributed by atoms with Gasteiger partial charge >= 0.3 is 5.97 Å². The molecule has 0 aliphatic rings. The van der Waals surface area contributed by atoms with Crippen molar-refractivity contribution in [2.75, 3.05) is 14.2 Å². The van der Waals surface area contributed by atoms with E-state index in [0.717, 1.165) is 5.56 Å². The van der Waals surface area contributed by atoms with Crippen LogP contribution in [0.4, 0.5) is 0 Å². The van der Waals surface area contributed by atoms with Crippen molar-refractivity contribution in [2.45, 2.75) is 12.5 Å². The number of hydrogen-bond acceptors (Lipinski definition) is 5. The second kappa shape index (κ2) is 6.32. The van der Waals surface area contributed by atoms with Gasteiger partial charge in [0, 0.05) is 6.42 Å². The number of carboxylic acid groups (broad SMARTS) is 1. The van der Waals surface area contributed by atoms with Crippen LogP contribution >= 0.6 is 0 Å². The van der Waals surface area contributed by atoms with Crippen molar-refractivity contribution in [3.63, 3.8) is 0 Å². The highest BCUT2D eigenvalue weighted by Gasteiger charge is 2.17. The van der Waals surface area contributed by atoms with Crippen molar-refractivity contribution < 1.29 is 28.9 Å². The molecule has 0 bridgehead atoms. The van der Waals surface area contributed by atoms with Gasteiger partial charge in [-0.1, -0.05) is 6.07 Å². The summed E-state index contributed by atoms with van der Waals surface area (Å²) in [6.07, 6.45) is -0.663. The van der Waals surface area contributed by atoms with Gasteiger partial charge in [-0.3, -0.25) is 0 Å². The van der Waals surface area contributed by atoms with Gasteiger partial charge in [-0.25, -0.2) is 4.79 Å². The third-order valence-electron chi connectivity index (χ3n) is 3.04. The van der Waals surface area contributed by atoms with Crippen molar-refractivity contribution in [3.8, 4) is 11.5 Å². The normalized spacial score (nSPS) is 12.0. The second-order valence-corrected chi connectivity index (χ2v) is 4.42. The Morgan fingerprint density at radius 3 is 2.48 bits per heavy atom. The summed E-state index contributed by atoms with van der Waals surface area (Å²) in [6.45, 7) is 0. The minimum Gasteiger partial charge on any atom is -0.493 e. The molecule has 1 unspecified atom stereocenters. The number of aliphatic hydroxyl groups excluding tert-OH is 1. The quantitative estimate of drug-likeness (QED) is 0.849. The van der Waals surface area contributed by atoms with Gasteiger partial charge in [0.15, 0.2) is 11.5 Å². The van der Waals surface area contributed by atoms with Gasteiger partial charge in [0.05, 0.1) is 14.2 Å². The second-order valence-electron chi connectivity index (χ2n) is 4.42. The van der Waals surface area contributed by atoms with E-state index in [4.69, 9.17) is 19.0 Å². The van der Waals surface area contributed by atoms with Crippen LogP contribution in [0.15, 0.2) is 34.7 Å². The molecule has 0 spiro atoms. The molecule has 112 valence electrons. The van der Waals surface area contributed by atoms with E-state index in [0.29, 0.717) is 11.5 Å². The third-order valence-corrected chi connectivity index (χ3v) is 3.04. The van der Waals surface area contributed by atoms with Gasteiger partial charge < -0.3 is 24.1 Å². The van der Waals surface area contributed by atoms with Crippen molar-refractivity contribution in [1.82, 2.24) is 0 Å². The summed E-state index contributed by atoms with van der Waals surface area (Å²) in [6, 6.07) is 8.06. The minimum absolute atomic E-state index is 0.198. The monoisotopic (exact) mass is 292 g/mol. The molecule has 1 heterocycles. The largest absolute Gasteiger partial charge is 0.493 e. The molecular weight excluding hydrogens is 276 g/mol. The molecule has 1 aromatic heterocycles. The lowest BCUT2D eigenvalue weighted by atomic mass is 10.1. The number of aliphatic hydroxyl groups is 1. The van der Waals surface area contributed by atoms with Crippen LogP contribution in [0, 0.1) is 0 Å². The van der Waals surface area contributed by atoms with Gasteiger partial charge in [0.1, 0.15) is 11.9 Å². The van der Waals surface area contributed by atoms with Crippen molar-refractivity contribution in [2.24, 2.45) is 0 Å². The maximum atomic E-state index is 10.7. The molecular formula is C15H16O6. The Morgan fingerprint density at radius 2 is 1.90 bits per heavy atom. The zero-order chi connectivity index (χ0) is 15.4. The van der Waals surface area contributed by atoms with Gasteiger partial charge in [-0.2, -0.15) is 0 Å². The zero-order valence-corrected chi connectivity index (χ0v) is 11.7. The molecule has 0 amide bonds. The number of aromatic carboxylic acids is 1. The molecule has 0 saturated heterocycles. The van der Waals surface area contributed by atoms with Crippen LogP contribution in [0.5, 0.6) is 11.5 Å². The first kappa shape index (κ1) is 14.9. The highest BCUT2D eigenvalue weighted by Crippen LogP contribution is 2.29. The van der Waals surface area contributed by atoms with Crippen LogP contribution in [0.1, 0.15) is 28.0 Å². The van der Waals surface area contributed by atoms with Gasteiger partial charge in [-0.15, -0.1) is 0 Å². The maximum absolute atomic E-state index is 10.7. The fourth-order valence-electron chi connectivity index (χ4n) is 1.98. The Balaban J connectivity index is 2.14. The summed E-state index contributed by atoms with van der Waals surface area (Å²) in [7, 11) is 3.08. The van der Waals surface area contributed by atoms with Crippen LogP contribution < -0.4 is 9.47 Å². The summed E-state index contributed by atoms with van der Waals surface area (Å²) in [5.41, 5.74) is 0.813. The molecule has 1 aromatic carbocycles. The van der Waals surface area contributed by atoms with E-state index in [1.54, 1.807) is 25.3 Å². The summed E-state index contributed by atoms with van der Waals surface area (Å²) >= 11 is 0. The molecule has 0 aliphatic heterocycles. The van der Waals surface area contributed by atoms with E-state index in [9.17, 15) is 9.90 Å². The van der Waals surface area contributed by atoms with Crippen molar-refractivity contribution >= 4 is 5.97 Å². The Labute approximate surface area is 121 Å². The van der Waals surface area contributed by atoms with E-state index in [1.165, 1.54) is 19.2 Å². The molecule has 2 rings (SSSR count). The molecule has 6 nitrogen and oxygen atoms in total. The summed E-state index contributed by atoms with van der Waals surface area (Å²) in [4.78, 5) is 10.7. The number of methoxy groups -OCH3 is 2. The van der Waals surface area contributed by atoms with E-state index in [-0.39, 0.29) is 17.9 Å². The van der Waals surface area contributed by atoms with E-state index in [2.05, 4.69) is 0 Å². The number of carboxylic acids is 1. The molecule has 2 aromatic rings. The first-order chi connectivity index (χ1) is 10.0. The lowest BCUT2D eigenvalue weighted by Crippen LogP contribution is -2.01. The van der Waals surface area contributed by atoms with Crippen LogP contribution in [0.3, 0.4) is 0 Å². The molecule has 6 heteroatoms. The summed E-state index contributed by atoms with van der Waals surface area (Å²) in [5, 5.41) is 18.9. The molecule has 1 atom stereocenters. The number of furan rings is 1. The average molecular weight is 292 g/mol. The first-order valence-corrected chi connectivity index (χ1v) is 6.27. The van der Waals surface area contributed by atoms with Crippen LogP contribution in [0.2, 0.25) is 0 Å². The number of benzene rings is 1. The Bertz CT molecular complexity index is 631. The third kappa shape index (κ3) is 3.35. The highest BCUT2D eigenvalue weighted by molar-refractivity contribution is 5.84. The predicted molar refractivity (Wildman–Crippen MR) is 73.9 cm³/mol. The Morgan fingerprint density at radius 1 is 1.19 bits per heavy atom. The molecule has 0 fully saturated rings. The Kier molecular flexibility index (Phi) is 4.49. The topological polar surface area (TPSA) is 89.1 Å². The summed E-state index contributed by atoms with van der Waals surface area (Å²) in [5.74, 6) is 0.00730. The van der Waals surface area contributed by atoms with E-state index in [1.807, 2.05) is 0 Å².